The van der Waals surface area contributed by atoms with Gasteiger partial charge in [-0.1, -0.05) is 0 Å². The molecular formula is C8H2NNdO6. The number of nitrogens with zero attached hydrogens (tertiary/aromatic N) is 1. The van der Waals surface area contributed by atoms with Gasteiger partial charge in [-0.05, 0) is 12.1 Å². The van der Waals surface area contributed by atoms with Crippen LogP contribution in [0, 0.1) is 40.8 Å². The molecule has 0 fully saturated rings. The molecule has 7 nitrogen and oxygen atoms in total. The minimum atomic E-state index is -1.79. The Balaban J connectivity index is 0.00000225. The summed E-state index contributed by atoms with van der Waals surface area (Å²) in [6, 6.07) is 1.27. The fraction of sp³-hybridized carbons (Fsp3) is 0. The standard InChI is InChI=1S/C8H5NO6.Nd/c10-6(11)3-1-4(7(12)13)9-5(2-3)8(14)15;/h1-2H,(H,10,11)(H,12,13)(H,14,15);/q;+3/p-3. The van der Waals surface area contributed by atoms with Gasteiger partial charge in [-0.3, -0.25) is 0 Å². The molecule has 16 heavy (non-hydrogen) atoms. The van der Waals surface area contributed by atoms with Crippen LogP contribution >= 0.6 is 0 Å². The average molecular weight is 352 g/mol. The number of carboxylic acids is 3. The van der Waals surface area contributed by atoms with Gasteiger partial charge in [-0.15, -0.1) is 0 Å². The minimum absolute atomic E-state index is 0. The number of hydrogen-bond acceptors (Lipinski definition) is 7. The SMILES string of the molecule is O=C([O-])c1cc(C(=O)[O-])nc(C(=O)[O-])c1.[Nd+3]. The second-order valence-corrected chi connectivity index (χ2v) is 2.49. The summed E-state index contributed by atoms with van der Waals surface area (Å²) in [5, 5.41) is 31.1. The van der Waals surface area contributed by atoms with Crippen molar-refractivity contribution in [2.45, 2.75) is 0 Å². The monoisotopic (exact) mass is 350 g/mol. The molecule has 79 valence electrons. The second-order valence-electron chi connectivity index (χ2n) is 2.49. The van der Waals surface area contributed by atoms with Gasteiger partial charge in [-0.2, -0.15) is 0 Å². The van der Waals surface area contributed by atoms with Crippen LogP contribution < -0.4 is 15.3 Å². The maximum atomic E-state index is 10.4. The van der Waals surface area contributed by atoms with Crippen LogP contribution in [-0.2, 0) is 0 Å². The number of carbonyl (C=O) groups is 3. The maximum absolute atomic E-state index is 10.4. The van der Waals surface area contributed by atoms with E-state index in [9.17, 15) is 29.7 Å². The predicted molar refractivity (Wildman–Crippen MR) is 37.2 cm³/mol. The summed E-state index contributed by atoms with van der Waals surface area (Å²) < 4.78 is 0. The Morgan fingerprint density at radius 3 is 1.50 bits per heavy atom. The zero-order valence-corrected chi connectivity index (χ0v) is 10.8. The van der Waals surface area contributed by atoms with E-state index in [-0.39, 0.29) is 40.8 Å². The molecule has 1 radical (unpaired) electrons. The van der Waals surface area contributed by atoms with Gasteiger partial charge in [-0.25, -0.2) is 4.98 Å². The third-order valence-corrected chi connectivity index (χ3v) is 1.48. The van der Waals surface area contributed by atoms with Gasteiger partial charge in [0.1, 0.15) is 0 Å². The molecule has 0 atom stereocenters. The van der Waals surface area contributed by atoms with Crippen LogP contribution in [0.3, 0.4) is 0 Å². The number of pyridine rings is 1. The van der Waals surface area contributed by atoms with Gasteiger partial charge in [0.15, 0.2) is 0 Å². The Bertz CT molecular complexity index is 379. The molecule has 0 aromatic carbocycles. The van der Waals surface area contributed by atoms with E-state index < -0.39 is 34.9 Å². The van der Waals surface area contributed by atoms with Gasteiger partial charge in [0, 0.05) is 5.56 Å². The van der Waals surface area contributed by atoms with Crippen molar-refractivity contribution >= 4 is 17.9 Å². The van der Waals surface area contributed by atoms with Crippen LogP contribution in [0.4, 0.5) is 0 Å². The average Bonchev–Trinajstić information content (AvgIpc) is 2.16. The van der Waals surface area contributed by atoms with E-state index >= 15 is 0 Å². The first-order valence-corrected chi connectivity index (χ1v) is 3.58. The normalized spacial score (nSPS) is 9.00. The fourth-order valence-electron chi connectivity index (χ4n) is 0.858. The predicted octanol–water partition coefficient (Wildman–Crippen LogP) is -3.83. The zero-order valence-electron chi connectivity index (χ0n) is 7.55. The summed E-state index contributed by atoms with van der Waals surface area (Å²) >= 11 is 0. The van der Waals surface area contributed by atoms with E-state index in [4.69, 9.17) is 0 Å². The second kappa shape index (κ2) is 5.85. The summed E-state index contributed by atoms with van der Waals surface area (Å²) in [6.07, 6.45) is 0. The zero-order chi connectivity index (χ0) is 11.6. The molecule has 1 rings (SSSR count). The molecule has 0 bridgehead atoms. The van der Waals surface area contributed by atoms with Gasteiger partial charge in [0.05, 0.1) is 29.3 Å². The third kappa shape index (κ3) is 3.49. The largest absolute Gasteiger partial charge is 3.00 e. The summed E-state index contributed by atoms with van der Waals surface area (Å²) in [5.41, 5.74) is -2.24. The first-order valence-electron chi connectivity index (χ1n) is 3.58. The number of rotatable bonds is 3. The van der Waals surface area contributed by atoms with Crippen LogP contribution in [0.25, 0.3) is 0 Å². The molecule has 1 aromatic rings. The molecule has 0 spiro atoms. The first-order chi connectivity index (χ1) is 6.91. The quantitative estimate of drug-likeness (QED) is 0.544. The minimum Gasteiger partial charge on any atom is -0.545 e. The van der Waals surface area contributed by atoms with E-state index in [2.05, 4.69) is 4.98 Å². The number of aromatic carboxylic acids is 3. The molecule has 0 unspecified atom stereocenters. The van der Waals surface area contributed by atoms with Crippen molar-refractivity contribution in [2.75, 3.05) is 0 Å². The first kappa shape index (κ1) is 14.9. The molecule has 0 aliphatic rings. The molecule has 0 N–H and O–H groups in total. The van der Waals surface area contributed by atoms with Crippen LogP contribution in [0.2, 0.25) is 0 Å². The van der Waals surface area contributed by atoms with E-state index in [0.29, 0.717) is 12.1 Å². The Morgan fingerprint density at radius 1 is 0.875 bits per heavy atom. The summed E-state index contributed by atoms with van der Waals surface area (Å²) in [6.45, 7) is 0. The van der Waals surface area contributed by atoms with E-state index in [1.165, 1.54) is 0 Å². The van der Waals surface area contributed by atoms with Crippen molar-refractivity contribution in [1.29, 1.82) is 0 Å². The molecule has 0 saturated heterocycles. The fourth-order valence-corrected chi connectivity index (χ4v) is 0.858. The summed E-state index contributed by atoms with van der Waals surface area (Å²) in [5.74, 6) is -5.30. The summed E-state index contributed by atoms with van der Waals surface area (Å²) in [4.78, 5) is 34.2. The van der Waals surface area contributed by atoms with Crippen molar-refractivity contribution in [3.63, 3.8) is 0 Å². The summed E-state index contributed by atoms with van der Waals surface area (Å²) in [7, 11) is 0. The Hall–Kier alpha value is -1.09. The molecule has 8 heteroatoms. The van der Waals surface area contributed by atoms with Crippen LogP contribution in [0.1, 0.15) is 31.3 Å². The third-order valence-electron chi connectivity index (χ3n) is 1.48. The van der Waals surface area contributed by atoms with Gasteiger partial charge < -0.3 is 29.7 Å². The van der Waals surface area contributed by atoms with Crippen molar-refractivity contribution in [1.82, 2.24) is 4.98 Å². The van der Waals surface area contributed by atoms with Gasteiger partial charge in [0.25, 0.3) is 0 Å². The van der Waals surface area contributed by atoms with E-state index in [0.717, 1.165) is 0 Å². The number of carboxylic acid groups (broad SMARTS) is 3. The van der Waals surface area contributed by atoms with Crippen molar-refractivity contribution in [3.05, 3.63) is 29.1 Å². The Kier molecular flexibility index (Phi) is 5.45. The number of aromatic nitrogens is 1. The molecule has 1 heterocycles. The molecule has 0 aliphatic heterocycles. The number of carbonyl (C=O) groups excluding carboxylic acids is 3. The topological polar surface area (TPSA) is 133 Å². The molecule has 0 amide bonds. The van der Waals surface area contributed by atoms with Crippen molar-refractivity contribution in [2.24, 2.45) is 0 Å². The van der Waals surface area contributed by atoms with Crippen LogP contribution in [-0.4, -0.2) is 22.9 Å². The number of hydrogen-bond donors (Lipinski definition) is 0. The molecule has 1 aromatic heterocycles. The van der Waals surface area contributed by atoms with E-state index in [1.807, 2.05) is 0 Å². The Morgan fingerprint density at radius 2 is 1.25 bits per heavy atom. The van der Waals surface area contributed by atoms with E-state index in [1.54, 1.807) is 0 Å². The molecule has 0 aliphatic carbocycles. The van der Waals surface area contributed by atoms with Crippen LogP contribution in [0.15, 0.2) is 12.1 Å². The van der Waals surface area contributed by atoms with Gasteiger partial charge in [0.2, 0.25) is 0 Å². The van der Waals surface area contributed by atoms with Gasteiger partial charge >= 0.3 is 40.8 Å². The van der Waals surface area contributed by atoms with Crippen molar-refractivity contribution < 1.29 is 70.5 Å². The smallest absolute Gasteiger partial charge is 0.545 e. The van der Waals surface area contributed by atoms with Crippen molar-refractivity contribution in [3.8, 4) is 0 Å². The molecule has 0 saturated carbocycles. The van der Waals surface area contributed by atoms with Crippen LogP contribution in [0.5, 0.6) is 0 Å². The Labute approximate surface area is 122 Å². The molecular weight excluding hydrogens is 350 g/mol. The maximum Gasteiger partial charge on any atom is 3.00 e.